The van der Waals surface area contributed by atoms with Gasteiger partial charge >= 0.3 is 0 Å². The van der Waals surface area contributed by atoms with Crippen LogP contribution in [0.25, 0.3) is 0 Å². The van der Waals surface area contributed by atoms with Crippen LogP contribution in [0.5, 0.6) is 0 Å². The van der Waals surface area contributed by atoms with E-state index in [9.17, 15) is 4.39 Å². The molecule has 0 N–H and O–H groups in total. The van der Waals surface area contributed by atoms with Crippen molar-refractivity contribution < 1.29 is 9.13 Å². The smallest absolute Gasteiger partial charge is 0.200 e. The lowest BCUT2D eigenvalue weighted by atomic mass is 10.0. The Morgan fingerprint density at radius 3 is 2.82 bits per heavy atom. The Balaban J connectivity index is 2.35. The molecule has 1 fully saturated rings. The Morgan fingerprint density at radius 2 is 2.45 bits per heavy atom. The Kier molecular flexibility index (Phi) is 1.74. The Labute approximate surface area is 75.5 Å². The third-order valence-electron chi connectivity index (χ3n) is 1.61. The standard InChI is InChI=1S/C6H5BrFNOS/c7-5-4(9-3-11-5)6(8)1-10-2-6/h3H,1-2H2. The fraction of sp³-hybridized carbons (Fsp3) is 0.500. The molecule has 0 atom stereocenters. The molecule has 1 aromatic heterocycles. The first-order chi connectivity index (χ1) is 5.22. The molecule has 1 aromatic rings. The van der Waals surface area contributed by atoms with Gasteiger partial charge in [0.2, 0.25) is 5.67 Å². The molecule has 0 unspecified atom stereocenters. The monoisotopic (exact) mass is 237 g/mol. The van der Waals surface area contributed by atoms with Crippen LogP contribution in [0.2, 0.25) is 0 Å². The van der Waals surface area contributed by atoms with E-state index in [1.807, 2.05) is 0 Å². The maximum absolute atomic E-state index is 13.5. The van der Waals surface area contributed by atoms with E-state index in [0.717, 1.165) is 3.79 Å². The van der Waals surface area contributed by atoms with Crippen molar-refractivity contribution in [3.63, 3.8) is 0 Å². The van der Waals surface area contributed by atoms with Gasteiger partial charge < -0.3 is 4.74 Å². The molecular formula is C6H5BrFNOS. The normalized spacial score (nSPS) is 21.3. The lowest BCUT2D eigenvalue weighted by Crippen LogP contribution is -2.43. The molecule has 60 valence electrons. The van der Waals surface area contributed by atoms with E-state index in [4.69, 9.17) is 4.74 Å². The topological polar surface area (TPSA) is 22.1 Å². The van der Waals surface area contributed by atoms with E-state index in [2.05, 4.69) is 20.9 Å². The van der Waals surface area contributed by atoms with Gasteiger partial charge in [-0.15, -0.1) is 11.3 Å². The van der Waals surface area contributed by atoms with Gasteiger partial charge in [-0.05, 0) is 15.9 Å². The van der Waals surface area contributed by atoms with Crippen molar-refractivity contribution in [1.82, 2.24) is 4.98 Å². The quantitative estimate of drug-likeness (QED) is 0.747. The van der Waals surface area contributed by atoms with E-state index in [-0.39, 0.29) is 13.2 Å². The highest BCUT2D eigenvalue weighted by molar-refractivity contribution is 9.11. The van der Waals surface area contributed by atoms with Gasteiger partial charge in [0, 0.05) is 0 Å². The summed E-state index contributed by atoms with van der Waals surface area (Å²) in [5.41, 5.74) is 0.770. The summed E-state index contributed by atoms with van der Waals surface area (Å²) in [6.07, 6.45) is 0. The zero-order valence-corrected chi connectivity index (χ0v) is 7.91. The van der Waals surface area contributed by atoms with Gasteiger partial charge in [0.15, 0.2) is 0 Å². The molecule has 0 amide bonds. The maximum Gasteiger partial charge on any atom is 0.200 e. The number of ether oxygens (including phenoxy) is 1. The van der Waals surface area contributed by atoms with Crippen molar-refractivity contribution >= 4 is 27.3 Å². The van der Waals surface area contributed by atoms with E-state index >= 15 is 0 Å². The summed E-state index contributed by atoms with van der Waals surface area (Å²) in [5, 5.41) is 0. The molecule has 1 aliphatic rings. The van der Waals surface area contributed by atoms with Gasteiger partial charge in [-0.25, -0.2) is 9.37 Å². The number of hydrogen-bond donors (Lipinski definition) is 0. The second-order valence-corrected chi connectivity index (χ2v) is 4.61. The number of aromatic nitrogens is 1. The van der Waals surface area contributed by atoms with Gasteiger partial charge in [-0.2, -0.15) is 0 Å². The van der Waals surface area contributed by atoms with Crippen molar-refractivity contribution in [3.8, 4) is 0 Å². The van der Waals surface area contributed by atoms with Crippen LogP contribution in [0.1, 0.15) is 5.69 Å². The third kappa shape index (κ3) is 1.11. The molecule has 2 nitrogen and oxygen atoms in total. The fourth-order valence-corrected chi connectivity index (χ4v) is 2.25. The Hall–Kier alpha value is -0.0000000000000000763. The molecule has 0 aromatic carbocycles. The molecule has 0 saturated carbocycles. The highest BCUT2D eigenvalue weighted by Gasteiger charge is 2.44. The van der Waals surface area contributed by atoms with Crippen molar-refractivity contribution in [1.29, 1.82) is 0 Å². The highest BCUT2D eigenvalue weighted by atomic mass is 79.9. The van der Waals surface area contributed by atoms with Crippen molar-refractivity contribution in [3.05, 3.63) is 15.0 Å². The summed E-state index contributed by atoms with van der Waals surface area (Å²) >= 11 is 4.63. The minimum Gasteiger partial charge on any atom is -0.374 e. The second kappa shape index (κ2) is 2.50. The first-order valence-corrected chi connectivity index (χ1v) is 4.76. The largest absolute Gasteiger partial charge is 0.374 e. The lowest BCUT2D eigenvalue weighted by molar-refractivity contribution is -0.137. The van der Waals surface area contributed by atoms with E-state index in [1.165, 1.54) is 11.3 Å². The van der Waals surface area contributed by atoms with Gasteiger partial charge in [0.25, 0.3) is 0 Å². The number of halogens is 2. The highest BCUT2D eigenvalue weighted by Crippen LogP contribution is 2.38. The van der Waals surface area contributed by atoms with Gasteiger partial charge in [-0.1, -0.05) is 0 Å². The predicted octanol–water partition coefficient (Wildman–Crippen LogP) is 2.10. The van der Waals surface area contributed by atoms with Crippen molar-refractivity contribution in [2.24, 2.45) is 0 Å². The Morgan fingerprint density at radius 1 is 1.73 bits per heavy atom. The van der Waals surface area contributed by atoms with Gasteiger partial charge in [0.05, 0.1) is 22.5 Å². The zero-order valence-electron chi connectivity index (χ0n) is 5.51. The summed E-state index contributed by atoms with van der Waals surface area (Å²) in [5.74, 6) is 0. The van der Waals surface area contributed by atoms with E-state index < -0.39 is 5.67 Å². The number of thiazole rings is 1. The second-order valence-electron chi connectivity index (χ2n) is 2.43. The molecule has 0 aliphatic carbocycles. The number of hydrogen-bond acceptors (Lipinski definition) is 3. The van der Waals surface area contributed by atoms with Crippen LogP contribution in [0.4, 0.5) is 4.39 Å². The van der Waals surface area contributed by atoms with Gasteiger partial charge in [0.1, 0.15) is 5.69 Å². The minimum absolute atomic E-state index is 0.134. The molecule has 0 radical (unpaired) electrons. The van der Waals surface area contributed by atoms with Crippen LogP contribution >= 0.6 is 27.3 Å². The summed E-state index contributed by atoms with van der Waals surface area (Å²) in [4.78, 5) is 3.93. The van der Waals surface area contributed by atoms with Gasteiger partial charge in [-0.3, -0.25) is 0 Å². The van der Waals surface area contributed by atoms with Crippen LogP contribution in [-0.4, -0.2) is 18.2 Å². The summed E-state index contributed by atoms with van der Waals surface area (Å²) in [6, 6.07) is 0. The molecule has 0 spiro atoms. The number of alkyl halides is 1. The lowest BCUT2D eigenvalue weighted by Gasteiger charge is -2.32. The van der Waals surface area contributed by atoms with Crippen LogP contribution in [0.3, 0.4) is 0 Å². The Bertz CT molecular complexity index is 273. The maximum atomic E-state index is 13.5. The molecule has 5 heteroatoms. The van der Waals surface area contributed by atoms with Crippen molar-refractivity contribution in [2.75, 3.05) is 13.2 Å². The average molecular weight is 238 g/mol. The van der Waals surface area contributed by atoms with Crippen LogP contribution in [-0.2, 0) is 10.4 Å². The SMILES string of the molecule is FC1(c2ncsc2Br)COC1. The molecule has 1 aliphatic heterocycles. The van der Waals surface area contributed by atoms with Crippen LogP contribution in [0.15, 0.2) is 9.30 Å². The molecule has 2 heterocycles. The number of nitrogens with zero attached hydrogens (tertiary/aromatic N) is 1. The van der Waals surface area contributed by atoms with Crippen LogP contribution < -0.4 is 0 Å². The number of rotatable bonds is 1. The average Bonchev–Trinajstić information content (AvgIpc) is 2.30. The molecular weight excluding hydrogens is 233 g/mol. The van der Waals surface area contributed by atoms with E-state index in [0.29, 0.717) is 5.69 Å². The minimum atomic E-state index is -1.33. The summed E-state index contributed by atoms with van der Waals surface area (Å²) in [6.45, 7) is 0.269. The first kappa shape index (κ1) is 7.64. The molecule has 11 heavy (non-hydrogen) atoms. The molecule has 1 saturated heterocycles. The first-order valence-electron chi connectivity index (χ1n) is 3.08. The predicted molar refractivity (Wildman–Crippen MR) is 43.4 cm³/mol. The zero-order chi connectivity index (χ0) is 7.90. The molecule has 2 rings (SSSR count). The third-order valence-corrected chi connectivity index (χ3v) is 3.16. The van der Waals surface area contributed by atoms with Crippen molar-refractivity contribution in [2.45, 2.75) is 5.67 Å². The summed E-state index contributed by atoms with van der Waals surface area (Å²) < 4.78 is 19.1. The molecule has 0 bridgehead atoms. The van der Waals surface area contributed by atoms with E-state index in [1.54, 1.807) is 5.51 Å². The van der Waals surface area contributed by atoms with Crippen LogP contribution in [0, 0.1) is 0 Å². The fourth-order valence-electron chi connectivity index (χ4n) is 0.942. The summed E-state index contributed by atoms with van der Waals surface area (Å²) in [7, 11) is 0.